The van der Waals surface area contributed by atoms with Crippen LogP contribution in [0.3, 0.4) is 0 Å². The second-order valence-corrected chi connectivity index (χ2v) is 7.97. The molecule has 0 unspecified atom stereocenters. The van der Waals surface area contributed by atoms with E-state index in [1.807, 2.05) is 13.2 Å². The third kappa shape index (κ3) is 5.64. The Morgan fingerprint density at radius 1 is 1.06 bits per heavy atom. The minimum Gasteiger partial charge on any atom is -0.324 e. The van der Waals surface area contributed by atoms with Crippen LogP contribution in [-0.4, -0.2) is 30.6 Å². The molecule has 10 heteroatoms. The molecule has 0 radical (unpaired) electrons. The van der Waals surface area contributed by atoms with Gasteiger partial charge in [0.05, 0.1) is 24.5 Å². The highest BCUT2D eigenvalue weighted by atomic mass is 19.3. The van der Waals surface area contributed by atoms with Gasteiger partial charge < -0.3 is 5.32 Å². The molecule has 3 aromatic heterocycles. The van der Waals surface area contributed by atoms with Crippen molar-refractivity contribution >= 4 is 11.6 Å². The number of aromatic nitrogens is 5. The van der Waals surface area contributed by atoms with Crippen molar-refractivity contribution in [1.82, 2.24) is 24.7 Å². The number of aryl methyl sites for hydroxylation is 1. The van der Waals surface area contributed by atoms with Crippen LogP contribution in [0.4, 0.5) is 18.9 Å². The van der Waals surface area contributed by atoms with Gasteiger partial charge in [-0.25, -0.2) is 23.1 Å². The predicted molar refractivity (Wildman–Crippen MR) is 120 cm³/mol. The molecule has 0 fully saturated rings. The van der Waals surface area contributed by atoms with E-state index in [1.54, 1.807) is 29.3 Å². The number of carbonyl (C=O) groups excluding carboxylic acids is 1. The number of benzene rings is 1. The number of nitrogens with zero attached hydrogens (tertiary/aromatic N) is 5. The molecule has 0 aliphatic heterocycles. The zero-order valence-electron chi connectivity index (χ0n) is 18.5. The SMILES string of the molecule is Cn1cc(Cc2ncc(-c3ccc(CC(=O)Nc4cncc(C(C)(F)F)c4)c(F)c3)cn2)cn1. The van der Waals surface area contributed by atoms with Crippen molar-refractivity contribution in [3.8, 4) is 11.1 Å². The summed E-state index contributed by atoms with van der Waals surface area (Å²) in [4.78, 5) is 24.7. The first-order valence-electron chi connectivity index (χ1n) is 10.4. The van der Waals surface area contributed by atoms with Crippen LogP contribution in [0.2, 0.25) is 0 Å². The van der Waals surface area contributed by atoms with Crippen molar-refractivity contribution in [2.24, 2.45) is 7.05 Å². The lowest BCUT2D eigenvalue weighted by Crippen LogP contribution is -2.16. The van der Waals surface area contributed by atoms with Crippen LogP contribution in [0, 0.1) is 5.82 Å². The Hall–Kier alpha value is -4.08. The Balaban J connectivity index is 1.41. The van der Waals surface area contributed by atoms with E-state index in [2.05, 4.69) is 25.4 Å². The molecule has 1 N–H and O–H groups in total. The summed E-state index contributed by atoms with van der Waals surface area (Å²) in [5.41, 5.74) is 2.14. The Morgan fingerprint density at radius 3 is 2.47 bits per heavy atom. The molecule has 0 aliphatic rings. The summed E-state index contributed by atoms with van der Waals surface area (Å²) in [5, 5.41) is 6.59. The van der Waals surface area contributed by atoms with Gasteiger partial charge >= 0.3 is 0 Å². The Labute approximate surface area is 193 Å². The van der Waals surface area contributed by atoms with Crippen LogP contribution in [0.1, 0.15) is 29.4 Å². The molecule has 0 bridgehead atoms. The summed E-state index contributed by atoms with van der Waals surface area (Å²) in [7, 11) is 1.83. The van der Waals surface area contributed by atoms with Gasteiger partial charge in [-0.05, 0) is 28.8 Å². The molecular weight excluding hydrogens is 445 g/mol. The molecule has 0 aliphatic carbocycles. The average Bonchev–Trinajstić information content (AvgIpc) is 3.20. The van der Waals surface area contributed by atoms with Crippen LogP contribution in [0.25, 0.3) is 11.1 Å². The fourth-order valence-electron chi connectivity index (χ4n) is 3.34. The second-order valence-electron chi connectivity index (χ2n) is 7.97. The molecule has 4 rings (SSSR count). The van der Waals surface area contributed by atoms with Gasteiger partial charge in [-0.2, -0.15) is 5.10 Å². The van der Waals surface area contributed by atoms with Crippen LogP contribution < -0.4 is 5.32 Å². The third-order valence-corrected chi connectivity index (χ3v) is 5.09. The molecule has 0 atom stereocenters. The zero-order chi connectivity index (χ0) is 24.3. The van der Waals surface area contributed by atoms with Crippen molar-refractivity contribution in [3.05, 3.63) is 89.8 Å². The number of hydrogen-bond donors (Lipinski definition) is 1. The largest absolute Gasteiger partial charge is 0.324 e. The van der Waals surface area contributed by atoms with Gasteiger partial charge in [0.15, 0.2) is 0 Å². The van der Waals surface area contributed by atoms with Gasteiger partial charge in [0.2, 0.25) is 5.91 Å². The molecular formula is C24H21F3N6O. The van der Waals surface area contributed by atoms with Crippen molar-refractivity contribution in [1.29, 1.82) is 0 Å². The first kappa shape index (κ1) is 23.1. The minimum atomic E-state index is -3.09. The molecule has 7 nitrogen and oxygen atoms in total. The van der Waals surface area contributed by atoms with Crippen molar-refractivity contribution in [2.45, 2.75) is 25.7 Å². The summed E-state index contributed by atoms with van der Waals surface area (Å²) >= 11 is 0. The molecule has 1 aromatic carbocycles. The number of rotatable bonds is 7. The van der Waals surface area contributed by atoms with Crippen molar-refractivity contribution in [3.63, 3.8) is 0 Å². The van der Waals surface area contributed by atoms with Gasteiger partial charge in [0.25, 0.3) is 5.92 Å². The highest BCUT2D eigenvalue weighted by molar-refractivity contribution is 5.92. The lowest BCUT2D eigenvalue weighted by molar-refractivity contribution is -0.115. The van der Waals surface area contributed by atoms with E-state index in [-0.39, 0.29) is 23.2 Å². The summed E-state index contributed by atoms with van der Waals surface area (Å²) < 4.78 is 43.3. The van der Waals surface area contributed by atoms with Crippen LogP contribution in [0.15, 0.2) is 61.4 Å². The molecule has 0 spiro atoms. The average molecular weight is 466 g/mol. The van der Waals surface area contributed by atoms with Crippen molar-refractivity contribution < 1.29 is 18.0 Å². The highest BCUT2D eigenvalue weighted by Crippen LogP contribution is 2.28. The van der Waals surface area contributed by atoms with Crippen LogP contribution >= 0.6 is 0 Å². The number of hydrogen-bond acceptors (Lipinski definition) is 5. The molecule has 3 heterocycles. The molecule has 174 valence electrons. The fraction of sp³-hybridized carbons (Fsp3) is 0.208. The van der Waals surface area contributed by atoms with Gasteiger partial charge in [0, 0.05) is 56.3 Å². The number of halogens is 3. The second kappa shape index (κ2) is 9.42. The number of alkyl halides is 2. The van der Waals surface area contributed by atoms with Gasteiger partial charge in [-0.15, -0.1) is 0 Å². The molecule has 0 saturated heterocycles. The van der Waals surface area contributed by atoms with Crippen LogP contribution in [0.5, 0.6) is 0 Å². The quantitative estimate of drug-likeness (QED) is 0.439. The lowest BCUT2D eigenvalue weighted by atomic mass is 10.0. The van der Waals surface area contributed by atoms with E-state index >= 15 is 0 Å². The standard InChI is InChI=1S/C24H21F3N6O/c1-24(26,27)19-8-20(13-28-12-19)32-23(34)7-17-4-3-16(6-21(17)25)18-10-29-22(30-11-18)5-15-9-31-33(2)14-15/h3-4,6,8-14H,5,7H2,1-2H3,(H,32,34). The summed E-state index contributed by atoms with van der Waals surface area (Å²) in [6.07, 6.45) is 9.41. The van der Waals surface area contributed by atoms with E-state index in [0.717, 1.165) is 24.8 Å². The third-order valence-electron chi connectivity index (χ3n) is 5.09. The van der Waals surface area contributed by atoms with Crippen molar-refractivity contribution in [2.75, 3.05) is 5.32 Å². The maximum atomic E-state index is 14.7. The van der Waals surface area contributed by atoms with E-state index in [9.17, 15) is 18.0 Å². The van der Waals surface area contributed by atoms with E-state index in [4.69, 9.17) is 0 Å². The minimum absolute atomic E-state index is 0.115. The maximum absolute atomic E-state index is 14.7. The van der Waals surface area contributed by atoms with Gasteiger partial charge in [-0.3, -0.25) is 14.5 Å². The number of nitrogens with one attached hydrogen (secondary N) is 1. The van der Waals surface area contributed by atoms with E-state index in [1.165, 1.54) is 18.3 Å². The number of pyridine rings is 1. The summed E-state index contributed by atoms with van der Waals surface area (Å²) in [6, 6.07) is 5.62. The smallest absolute Gasteiger partial charge is 0.272 e. The lowest BCUT2D eigenvalue weighted by Gasteiger charge is -2.12. The van der Waals surface area contributed by atoms with Crippen LogP contribution in [-0.2, 0) is 30.6 Å². The van der Waals surface area contributed by atoms with E-state index < -0.39 is 17.6 Å². The Bertz CT molecular complexity index is 1320. The Morgan fingerprint density at radius 2 is 1.82 bits per heavy atom. The van der Waals surface area contributed by atoms with Gasteiger partial charge in [-0.1, -0.05) is 12.1 Å². The highest BCUT2D eigenvalue weighted by Gasteiger charge is 2.25. The first-order chi connectivity index (χ1) is 16.2. The molecule has 0 saturated carbocycles. The predicted octanol–water partition coefficient (Wildman–Crippen LogP) is 4.29. The monoisotopic (exact) mass is 466 g/mol. The molecule has 34 heavy (non-hydrogen) atoms. The summed E-state index contributed by atoms with van der Waals surface area (Å²) in [5.74, 6) is -3.59. The first-order valence-corrected chi connectivity index (χ1v) is 10.4. The summed E-state index contributed by atoms with van der Waals surface area (Å²) in [6.45, 7) is 0.742. The van der Waals surface area contributed by atoms with E-state index in [0.29, 0.717) is 23.4 Å². The number of carbonyl (C=O) groups is 1. The fourth-order valence-corrected chi connectivity index (χ4v) is 3.34. The van der Waals surface area contributed by atoms with Gasteiger partial charge in [0.1, 0.15) is 11.6 Å². The topological polar surface area (TPSA) is 85.6 Å². The number of amides is 1. The maximum Gasteiger partial charge on any atom is 0.272 e. The molecule has 4 aromatic rings. The number of anilines is 1. The normalized spacial score (nSPS) is 11.4. The Kier molecular flexibility index (Phi) is 6.40. The molecule has 1 amide bonds. The zero-order valence-corrected chi connectivity index (χ0v) is 18.5.